The van der Waals surface area contributed by atoms with Crippen LogP contribution in [0.5, 0.6) is 0 Å². The molecule has 2 heteroatoms. The Hall–Kier alpha value is -2.48. The van der Waals surface area contributed by atoms with Gasteiger partial charge in [0.25, 0.3) is 0 Å². The molecule has 0 atom stereocenters. The molecule has 0 saturated heterocycles. The Morgan fingerprint density at radius 1 is 0.857 bits per heavy atom. The summed E-state index contributed by atoms with van der Waals surface area (Å²) >= 11 is 0. The Kier molecular flexibility index (Phi) is 3.53. The van der Waals surface area contributed by atoms with Crippen LogP contribution in [0.1, 0.15) is 11.1 Å². The van der Waals surface area contributed by atoms with Gasteiger partial charge in [0, 0.05) is 17.8 Å². The van der Waals surface area contributed by atoms with Gasteiger partial charge in [-0.15, -0.1) is 0 Å². The van der Waals surface area contributed by atoms with Gasteiger partial charge in [-0.05, 0) is 43.2 Å². The van der Waals surface area contributed by atoms with Crippen molar-refractivity contribution in [1.82, 2.24) is 4.98 Å². The molecule has 21 heavy (non-hydrogen) atoms. The lowest BCUT2D eigenvalue weighted by Crippen LogP contribution is -2.31. The summed E-state index contributed by atoms with van der Waals surface area (Å²) < 4.78 is 2.18. The number of pyridine rings is 2. The Morgan fingerprint density at radius 2 is 1.62 bits per heavy atom. The minimum Gasteiger partial charge on any atom is -0.256 e. The summed E-state index contributed by atoms with van der Waals surface area (Å²) in [6, 6.07) is 16.7. The Labute approximate surface area is 125 Å². The molecule has 1 aromatic carbocycles. The predicted molar refractivity (Wildman–Crippen MR) is 85.8 cm³/mol. The average Bonchev–Trinajstić information content (AvgIpc) is 2.51. The maximum Gasteiger partial charge on any atom is 0.212 e. The molecule has 0 radical (unpaired) electrons. The van der Waals surface area contributed by atoms with Crippen molar-refractivity contribution in [3.8, 4) is 22.5 Å². The maximum atomic E-state index is 4.46. The molecule has 0 unspecified atom stereocenters. The summed E-state index contributed by atoms with van der Waals surface area (Å²) in [7, 11) is 2.09. The molecular weight excluding hydrogens is 256 g/mol. The van der Waals surface area contributed by atoms with Crippen molar-refractivity contribution < 1.29 is 4.57 Å². The quantitative estimate of drug-likeness (QED) is 0.649. The second-order valence-electron chi connectivity index (χ2n) is 5.40. The largest absolute Gasteiger partial charge is 0.256 e. The zero-order chi connectivity index (χ0) is 14.8. The van der Waals surface area contributed by atoms with Gasteiger partial charge in [-0.2, -0.15) is 0 Å². The molecule has 0 spiro atoms. The minimum absolute atomic E-state index is 1.02. The van der Waals surface area contributed by atoms with Gasteiger partial charge < -0.3 is 0 Å². The van der Waals surface area contributed by atoms with Crippen LogP contribution in [0, 0.1) is 13.8 Å². The van der Waals surface area contributed by atoms with Crippen molar-refractivity contribution >= 4 is 0 Å². The molecule has 0 bridgehead atoms. The normalized spacial score (nSPS) is 10.6. The molecule has 104 valence electrons. The van der Waals surface area contributed by atoms with Gasteiger partial charge >= 0.3 is 0 Å². The van der Waals surface area contributed by atoms with Gasteiger partial charge in [-0.3, -0.25) is 4.98 Å². The van der Waals surface area contributed by atoms with Gasteiger partial charge in [0.1, 0.15) is 7.05 Å². The van der Waals surface area contributed by atoms with E-state index < -0.39 is 0 Å². The summed E-state index contributed by atoms with van der Waals surface area (Å²) in [6.07, 6.45) is 4.00. The lowest BCUT2D eigenvalue weighted by Gasteiger charge is -2.08. The molecule has 0 saturated carbocycles. The van der Waals surface area contributed by atoms with Crippen molar-refractivity contribution in [2.24, 2.45) is 7.05 Å². The van der Waals surface area contributed by atoms with Crippen LogP contribution in [0.15, 0.2) is 60.9 Å². The topological polar surface area (TPSA) is 16.8 Å². The third-order valence-electron chi connectivity index (χ3n) is 3.84. The molecule has 0 N–H and O–H groups in total. The molecule has 3 aromatic rings. The van der Waals surface area contributed by atoms with Crippen LogP contribution in [0.25, 0.3) is 22.5 Å². The zero-order valence-corrected chi connectivity index (χ0v) is 12.7. The number of aryl methyl sites for hydroxylation is 3. The van der Waals surface area contributed by atoms with E-state index in [0.29, 0.717) is 0 Å². The van der Waals surface area contributed by atoms with E-state index >= 15 is 0 Å². The van der Waals surface area contributed by atoms with Crippen molar-refractivity contribution in [2.75, 3.05) is 0 Å². The smallest absolute Gasteiger partial charge is 0.212 e. The first-order chi connectivity index (χ1) is 10.2. The highest BCUT2D eigenvalue weighted by Crippen LogP contribution is 2.25. The first-order valence-corrected chi connectivity index (χ1v) is 7.14. The second-order valence-corrected chi connectivity index (χ2v) is 5.40. The first kappa shape index (κ1) is 13.5. The van der Waals surface area contributed by atoms with E-state index in [0.717, 1.165) is 5.69 Å². The van der Waals surface area contributed by atoms with Gasteiger partial charge in [0.05, 0.1) is 11.3 Å². The molecule has 0 aliphatic rings. The van der Waals surface area contributed by atoms with Gasteiger partial charge in [-0.1, -0.05) is 24.3 Å². The molecule has 0 amide bonds. The maximum absolute atomic E-state index is 4.46. The van der Waals surface area contributed by atoms with Crippen LogP contribution in [-0.4, -0.2) is 4.98 Å². The van der Waals surface area contributed by atoms with E-state index in [4.69, 9.17) is 0 Å². The molecule has 3 rings (SSSR count). The summed E-state index contributed by atoms with van der Waals surface area (Å²) in [6.45, 7) is 4.29. The number of aromatic nitrogens is 2. The third-order valence-corrected chi connectivity index (χ3v) is 3.84. The lowest BCUT2D eigenvalue weighted by molar-refractivity contribution is -0.660. The van der Waals surface area contributed by atoms with Crippen molar-refractivity contribution in [1.29, 1.82) is 0 Å². The Balaban J connectivity index is 2.15. The highest BCUT2D eigenvalue weighted by molar-refractivity contribution is 5.67. The molecule has 0 fully saturated rings. The molecule has 0 aliphatic heterocycles. The lowest BCUT2D eigenvalue weighted by atomic mass is 10.0. The highest BCUT2D eigenvalue weighted by Gasteiger charge is 2.16. The standard InChI is InChI=1S/C19H19N2/c1-14-8-4-5-9-16(14)19-12-15(2)17(13-21(19)3)18-10-6-7-11-20-18/h4-13H,1-3H3/q+1. The van der Waals surface area contributed by atoms with E-state index in [1.54, 1.807) is 0 Å². The SMILES string of the molecule is Cc1cc(-c2ccccc2C)[n+](C)cc1-c1ccccn1. The van der Waals surface area contributed by atoms with Crippen LogP contribution in [0.2, 0.25) is 0 Å². The fraction of sp³-hybridized carbons (Fsp3) is 0.158. The van der Waals surface area contributed by atoms with Crippen LogP contribution in [0.3, 0.4) is 0 Å². The number of hydrogen-bond acceptors (Lipinski definition) is 1. The predicted octanol–water partition coefficient (Wildman–Crippen LogP) is 3.86. The monoisotopic (exact) mass is 275 g/mol. The summed E-state index contributed by atoms with van der Waals surface area (Å²) in [4.78, 5) is 4.46. The van der Waals surface area contributed by atoms with E-state index in [1.807, 2.05) is 18.3 Å². The van der Waals surface area contributed by atoms with E-state index in [9.17, 15) is 0 Å². The van der Waals surface area contributed by atoms with Gasteiger partial charge in [0.2, 0.25) is 5.69 Å². The van der Waals surface area contributed by atoms with Crippen LogP contribution in [0.4, 0.5) is 0 Å². The van der Waals surface area contributed by atoms with Crippen LogP contribution >= 0.6 is 0 Å². The summed E-state index contributed by atoms with van der Waals surface area (Å²) in [5.41, 5.74) is 7.22. The summed E-state index contributed by atoms with van der Waals surface area (Å²) in [5.74, 6) is 0. The fourth-order valence-corrected chi connectivity index (χ4v) is 2.67. The number of nitrogens with zero attached hydrogens (tertiary/aromatic N) is 2. The summed E-state index contributed by atoms with van der Waals surface area (Å²) in [5, 5.41) is 0. The Bertz CT molecular complexity index is 777. The molecule has 0 aliphatic carbocycles. The molecular formula is C19H19N2+. The minimum atomic E-state index is 1.02. The van der Waals surface area contributed by atoms with Gasteiger partial charge in [0.15, 0.2) is 6.20 Å². The van der Waals surface area contributed by atoms with Crippen molar-refractivity contribution in [2.45, 2.75) is 13.8 Å². The van der Waals surface area contributed by atoms with E-state index in [1.165, 1.54) is 27.9 Å². The Morgan fingerprint density at radius 3 is 2.33 bits per heavy atom. The zero-order valence-electron chi connectivity index (χ0n) is 12.7. The van der Waals surface area contributed by atoms with Crippen LogP contribution in [-0.2, 0) is 7.05 Å². The number of rotatable bonds is 2. The highest BCUT2D eigenvalue weighted by atomic mass is 14.9. The average molecular weight is 275 g/mol. The van der Waals surface area contributed by atoms with Gasteiger partial charge in [-0.25, -0.2) is 4.57 Å². The van der Waals surface area contributed by atoms with E-state index in [-0.39, 0.29) is 0 Å². The van der Waals surface area contributed by atoms with E-state index in [2.05, 4.69) is 73.0 Å². The number of hydrogen-bond donors (Lipinski definition) is 0. The van der Waals surface area contributed by atoms with Crippen LogP contribution < -0.4 is 4.57 Å². The number of benzene rings is 1. The van der Waals surface area contributed by atoms with Crippen molar-refractivity contribution in [3.63, 3.8) is 0 Å². The molecule has 2 aromatic heterocycles. The second kappa shape index (κ2) is 5.49. The molecule has 2 nitrogen and oxygen atoms in total. The molecule has 2 heterocycles. The fourth-order valence-electron chi connectivity index (χ4n) is 2.67. The van der Waals surface area contributed by atoms with Crippen molar-refractivity contribution in [3.05, 3.63) is 72.1 Å². The third kappa shape index (κ3) is 2.57. The first-order valence-electron chi connectivity index (χ1n) is 7.14.